The summed E-state index contributed by atoms with van der Waals surface area (Å²) in [6.07, 6.45) is 2.99. The molecule has 0 aliphatic heterocycles. The highest BCUT2D eigenvalue weighted by molar-refractivity contribution is 5.70. The smallest absolute Gasteiger partial charge is 0.414 e. The second-order valence-electron chi connectivity index (χ2n) is 4.15. The van der Waals surface area contributed by atoms with Crippen LogP contribution in [-0.4, -0.2) is 30.7 Å². The van der Waals surface area contributed by atoms with Crippen molar-refractivity contribution in [2.45, 2.75) is 26.4 Å². The average Bonchev–Trinajstić information content (AvgIpc) is 2.10. The van der Waals surface area contributed by atoms with Crippen LogP contribution in [0.4, 0.5) is 4.79 Å². The van der Waals surface area contributed by atoms with Gasteiger partial charge in [0.2, 0.25) is 0 Å². The van der Waals surface area contributed by atoms with Crippen LogP contribution in [0.1, 0.15) is 20.8 Å². The summed E-state index contributed by atoms with van der Waals surface area (Å²) in [5, 5.41) is 2.82. The van der Waals surface area contributed by atoms with Gasteiger partial charge in [0.15, 0.2) is 0 Å². The number of allylic oxidation sites excluding steroid dienone is 1. The zero-order chi connectivity index (χ0) is 12.1. The number of nitrogens with one attached hydrogen (secondary N) is 1. The van der Waals surface area contributed by atoms with Crippen LogP contribution >= 0.6 is 0 Å². The summed E-state index contributed by atoms with van der Waals surface area (Å²) < 4.78 is 5.17. The van der Waals surface area contributed by atoms with Crippen LogP contribution < -0.4 is 5.32 Å². The quantitative estimate of drug-likeness (QED) is 0.728. The molecule has 0 rings (SSSR count). The molecule has 0 heterocycles. The Labute approximate surface area is 91.6 Å². The summed E-state index contributed by atoms with van der Waals surface area (Å²) in [6, 6.07) is 0. The lowest BCUT2D eigenvalue weighted by atomic mass is 10.2. The van der Waals surface area contributed by atoms with Crippen LogP contribution in [0.3, 0.4) is 0 Å². The highest BCUT2D eigenvalue weighted by atomic mass is 16.6. The van der Waals surface area contributed by atoms with Crippen molar-refractivity contribution < 1.29 is 9.53 Å². The third-order valence-electron chi connectivity index (χ3n) is 1.54. The summed E-state index contributed by atoms with van der Waals surface area (Å²) in [4.78, 5) is 12.9. The fraction of sp³-hybridized carbons (Fsp3) is 0.545. The minimum absolute atomic E-state index is 0.409. The van der Waals surface area contributed by atoms with E-state index in [-0.39, 0.29) is 0 Å². The molecule has 0 atom stereocenters. The Hall–Kier alpha value is -1.45. The molecule has 4 heteroatoms. The third-order valence-corrected chi connectivity index (χ3v) is 1.54. The molecular formula is C11H20N2O2. The minimum Gasteiger partial charge on any atom is -0.443 e. The first kappa shape index (κ1) is 13.5. The van der Waals surface area contributed by atoms with Crippen molar-refractivity contribution >= 4 is 6.09 Å². The Morgan fingerprint density at radius 2 is 2.00 bits per heavy atom. The lowest BCUT2D eigenvalue weighted by molar-refractivity contribution is 0.0360. The number of ether oxygens (including phenoxy) is 1. The molecule has 1 N–H and O–H groups in total. The van der Waals surface area contributed by atoms with Gasteiger partial charge in [0.25, 0.3) is 0 Å². The van der Waals surface area contributed by atoms with Crippen molar-refractivity contribution in [2.75, 3.05) is 14.1 Å². The molecular weight excluding hydrogens is 192 g/mol. The molecule has 0 saturated heterocycles. The SMILES string of the molecule is C=C(/C=C\NC)N(C)C(=O)OC(C)(C)C. The largest absolute Gasteiger partial charge is 0.443 e. The summed E-state index contributed by atoms with van der Waals surface area (Å²) in [5.74, 6) is 0. The van der Waals surface area contributed by atoms with Crippen molar-refractivity contribution in [3.05, 3.63) is 24.6 Å². The van der Waals surface area contributed by atoms with Gasteiger partial charge in [-0.3, -0.25) is 4.90 Å². The van der Waals surface area contributed by atoms with E-state index in [4.69, 9.17) is 4.74 Å². The Bertz CT molecular complexity index is 264. The summed E-state index contributed by atoms with van der Waals surface area (Å²) >= 11 is 0. The number of amides is 1. The number of carbonyl (C=O) groups is 1. The molecule has 0 bridgehead atoms. The minimum atomic E-state index is -0.488. The number of hydrogen-bond donors (Lipinski definition) is 1. The third kappa shape index (κ3) is 5.78. The maximum Gasteiger partial charge on any atom is 0.414 e. The fourth-order valence-electron chi connectivity index (χ4n) is 0.739. The molecule has 0 fully saturated rings. The second kappa shape index (κ2) is 5.44. The Balaban J connectivity index is 4.33. The van der Waals surface area contributed by atoms with Crippen molar-refractivity contribution in [1.82, 2.24) is 10.2 Å². The number of nitrogens with zero attached hydrogens (tertiary/aromatic N) is 1. The first-order chi connectivity index (χ1) is 6.78. The number of carbonyl (C=O) groups excluding carboxylic acids is 1. The van der Waals surface area contributed by atoms with Gasteiger partial charge in [-0.2, -0.15) is 0 Å². The van der Waals surface area contributed by atoms with Crippen LogP contribution in [0.25, 0.3) is 0 Å². The fourth-order valence-corrected chi connectivity index (χ4v) is 0.739. The Kier molecular flexibility index (Phi) is 4.91. The first-order valence-electron chi connectivity index (χ1n) is 4.77. The average molecular weight is 212 g/mol. The maximum absolute atomic E-state index is 11.6. The zero-order valence-electron chi connectivity index (χ0n) is 10.1. The van der Waals surface area contributed by atoms with E-state index in [0.717, 1.165) is 0 Å². The molecule has 0 aliphatic carbocycles. The van der Waals surface area contributed by atoms with Gasteiger partial charge in [-0.1, -0.05) is 6.58 Å². The summed E-state index contributed by atoms with van der Waals surface area (Å²) in [6.45, 7) is 9.21. The predicted molar refractivity (Wildman–Crippen MR) is 61.3 cm³/mol. The predicted octanol–water partition coefficient (Wildman–Crippen LogP) is 2.10. The van der Waals surface area contributed by atoms with E-state index < -0.39 is 11.7 Å². The van der Waals surface area contributed by atoms with E-state index in [1.807, 2.05) is 20.8 Å². The standard InChI is InChI=1S/C11H20N2O2/c1-9(7-8-12-5)13(6)10(14)15-11(2,3)4/h7-8,12H,1H2,2-6H3/b8-7-. The highest BCUT2D eigenvalue weighted by Gasteiger charge is 2.20. The van der Waals surface area contributed by atoms with Crippen LogP contribution in [0.5, 0.6) is 0 Å². The maximum atomic E-state index is 11.6. The monoisotopic (exact) mass is 212 g/mol. The highest BCUT2D eigenvalue weighted by Crippen LogP contribution is 2.11. The molecule has 0 aromatic heterocycles. The van der Waals surface area contributed by atoms with Gasteiger partial charge < -0.3 is 10.1 Å². The van der Waals surface area contributed by atoms with Gasteiger partial charge in [-0.25, -0.2) is 4.79 Å². The van der Waals surface area contributed by atoms with Gasteiger partial charge >= 0.3 is 6.09 Å². The molecule has 1 amide bonds. The van der Waals surface area contributed by atoms with E-state index >= 15 is 0 Å². The second-order valence-corrected chi connectivity index (χ2v) is 4.15. The molecule has 0 aliphatic rings. The Morgan fingerprint density at radius 3 is 2.40 bits per heavy atom. The topological polar surface area (TPSA) is 41.6 Å². The van der Waals surface area contributed by atoms with E-state index in [1.165, 1.54) is 4.90 Å². The Morgan fingerprint density at radius 1 is 1.47 bits per heavy atom. The van der Waals surface area contributed by atoms with Gasteiger partial charge in [0, 0.05) is 19.8 Å². The lowest BCUT2D eigenvalue weighted by Gasteiger charge is -2.24. The van der Waals surface area contributed by atoms with E-state index in [2.05, 4.69) is 11.9 Å². The molecule has 0 spiro atoms. The van der Waals surface area contributed by atoms with Gasteiger partial charge in [-0.05, 0) is 33.0 Å². The van der Waals surface area contributed by atoms with Crippen molar-refractivity contribution in [3.8, 4) is 0 Å². The first-order valence-corrected chi connectivity index (χ1v) is 4.77. The lowest BCUT2D eigenvalue weighted by Crippen LogP contribution is -2.33. The van der Waals surface area contributed by atoms with Crippen molar-refractivity contribution in [3.63, 3.8) is 0 Å². The van der Waals surface area contributed by atoms with E-state index in [1.54, 1.807) is 26.4 Å². The molecule has 0 aromatic rings. The molecule has 0 aromatic carbocycles. The van der Waals surface area contributed by atoms with Crippen LogP contribution in [-0.2, 0) is 4.74 Å². The molecule has 86 valence electrons. The van der Waals surface area contributed by atoms with Crippen molar-refractivity contribution in [2.24, 2.45) is 0 Å². The van der Waals surface area contributed by atoms with Crippen LogP contribution in [0.15, 0.2) is 24.6 Å². The molecule has 0 radical (unpaired) electrons. The van der Waals surface area contributed by atoms with E-state index in [9.17, 15) is 4.79 Å². The van der Waals surface area contributed by atoms with Gasteiger partial charge in [0.05, 0.1) is 0 Å². The number of hydrogen-bond acceptors (Lipinski definition) is 3. The molecule has 15 heavy (non-hydrogen) atoms. The normalized spacial score (nSPS) is 11.3. The molecule has 4 nitrogen and oxygen atoms in total. The zero-order valence-corrected chi connectivity index (χ0v) is 10.1. The molecule has 0 saturated carbocycles. The number of likely N-dealkylation sites (N-methyl/N-ethyl adjacent to an activating group) is 1. The van der Waals surface area contributed by atoms with E-state index in [0.29, 0.717) is 5.70 Å². The van der Waals surface area contributed by atoms with Crippen molar-refractivity contribution in [1.29, 1.82) is 0 Å². The molecule has 0 unspecified atom stereocenters. The van der Waals surface area contributed by atoms with Gasteiger partial charge in [0.1, 0.15) is 5.60 Å². The summed E-state index contributed by atoms with van der Waals surface area (Å²) in [7, 11) is 3.40. The van der Waals surface area contributed by atoms with Crippen LogP contribution in [0.2, 0.25) is 0 Å². The van der Waals surface area contributed by atoms with Gasteiger partial charge in [-0.15, -0.1) is 0 Å². The van der Waals surface area contributed by atoms with Crippen LogP contribution in [0, 0.1) is 0 Å². The summed E-state index contributed by atoms with van der Waals surface area (Å²) in [5.41, 5.74) is 0.0804. The number of rotatable bonds is 3.